The van der Waals surface area contributed by atoms with E-state index in [2.05, 4.69) is 10.9 Å². The number of para-hydroxylation sites is 1. The van der Waals surface area contributed by atoms with Crippen LogP contribution in [0, 0.1) is 13.8 Å². The van der Waals surface area contributed by atoms with E-state index in [1.54, 1.807) is 18.2 Å². The number of hydrogen-bond donors (Lipinski definition) is 2. The first kappa shape index (κ1) is 18.3. The summed E-state index contributed by atoms with van der Waals surface area (Å²) in [4.78, 5) is 24.3. The molecule has 1 heterocycles. The van der Waals surface area contributed by atoms with Gasteiger partial charge in [0.1, 0.15) is 18.1 Å². The van der Waals surface area contributed by atoms with Crippen molar-refractivity contribution in [1.82, 2.24) is 10.9 Å². The van der Waals surface area contributed by atoms with E-state index in [0.29, 0.717) is 17.1 Å². The molecule has 2 amide bonds. The molecule has 0 aliphatic rings. The molecule has 0 aliphatic heterocycles. The minimum Gasteiger partial charge on any atom is -0.486 e. The van der Waals surface area contributed by atoms with Gasteiger partial charge in [0, 0.05) is 5.56 Å². The smallest absolute Gasteiger partial charge is 0.305 e. The first-order valence-corrected chi connectivity index (χ1v) is 8.47. The second-order valence-corrected chi connectivity index (χ2v) is 6.07. The number of carbonyl (C=O) groups is 2. The molecule has 0 saturated heterocycles. The van der Waals surface area contributed by atoms with Gasteiger partial charge in [0.05, 0.1) is 0 Å². The first-order valence-electron chi connectivity index (χ1n) is 8.47. The Bertz CT molecular complexity index is 948. The minimum absolute atomic E-state index is 0.0852. The molecular formula is C21H20N2O4. The fourth-order valence-corrected chi connectivity index (χ4v) is 2.38. The van der Waals surface area contributed by atoms with Gasteiger partial charge in [0.15, 0.2) is 5.76 Å². The first-order chi connectivity index (χ1) is 13.0. The predicted molar refractivity (Wildman–Crippen MR) is 100 cm³/mol. The topological polar surface area (TPSA) is 80.6 Å². The molecular weight excluding hydrogens is 344 g/mol. The van der Waals surface area contributed by atoms with Crippen LogP contribution in [0.3, 0.4) is 0 Å². The van der Waals surface area contributed by atoms with Crippen LogP contribution in [0.4, 0.5) is 0 Å². The zero-order valence-corrected chi connectivity index (χ0v) is 15.1. The van der Waals surface area contributed by atoms with Crippen molar-refractivity contribution in [2.24, 2.45) is 0 Å². The van der Waals surface area contributed by atoms with E-state index in [1.807, 2.05) is 50.2 Å². The summed E-state index contributed by atoms with van der Waals surface area (Å²) >= 11 is 0. The number of benzene rings is 2. The third-order valence-corrected chi connectivity index (χ3v) is 4.07. The molecule has 0 unspecified atom stereocenters. The van der Waals surface area contributed by atoms with Crippen LogP contribution in [0.5, 0.6) is 5.75 Å². The summed E-state index contributed by atoms with van der Waals surface area (Å²) in [6.45, 7) is 4.09. The van der Waals surface area contributed by atoms with Gasteiger partial charge in [-0.15, -0.1) is 0 Å². The zero-order chi connectivity index (χ0) is 19.2. The highest BCUT2D eigenvalue weighted by Gasteiger charge is 2.13. The Morgan fingerprint density at radius 2 is 1.63 bits per heavy atom. The van der Waals surface area contributed by atoms with Crippen molar-refractivity contribution in [2.45, 2.75) is 20.5 Å². The van der Waals surface area contributed by atoms with Gasteiger partial charge in [0.2, 0.25) is 0 Å². The number of hydrogen-bond acceptors (Lipinski definition) is 4. The largest absolute Gasteiger partial charge is 0.486 e. The number of furan rings is 1. The summed E-state index contributed by atoms with van der Waals surface area (Å²) in [7, 11) is 0. The van der Waals surface area contributed by atoms with Gasteiger partial charge < -0.3 is 9.15 Å². The lowest BCUT2D eigenvalue weighted by Crippen LogP contribution is -2.41. The standard InChI is InChI=1S/C21H20N2O4/c1-14-8-9-16(12-15(14)2)20(24)22-23-21(25)19-11-10-18(27-19)13-26-17-6-4-3-5-7-17/h3-12H,13H2,1-2H3,(H,22,24)(H,23,25). The lowest BCUT2D eigenvalue weighted by molar-refractivity contribution is 0.0828. The number of nitrogens with one attached hydrogen (secondary N) is 2. The molecule has 6 heteroatoms. The molecule has 0 radical (unpaired) electrons. The maximum absolute atomic E-state index is 12.1. The maximum atomic E-state index is 12.1. The number of hydrazine groups is 1. The molecule has 2 N–H and O–H groups in total. The zero-order valence-electron chi connectivity index (χ0n) is 15.1. The molecule has 0 fully saturated rings. The number of amides is 2. The van der Waals surface area contributed by atoms with Crippen LogP contribution < -0.4 is 15.6 Å². The fraction of sp³-hybridized carbons (Fsp3) is 0.143. The minimum atomic E-state index is -0.543. The number of carbonyl (C=O) groups excluding carboxylic acids is 2. The molecule has 138 valence electrons. The van der Waals surface area contributed by atoms with Crippen LogP contribution in [0.2, 0.25) is 0 Å². The Labute approximate surface area is 157 Å². The van der Waals surface area contributed by atoms with Gasteiger partial charge in [-0.2, -0.15) is 0 Å². The Hall–Kier alpha value is -3.54. The highest BCUT2D eigenvalue weighted by Crippen LogP contribution is 2.14. The van der Waals surface area contributed by atoms with Gasteiger partial charge in [-0.3, -0.25) is 20.4 Å². The van der Waals surface area contributed by atoms with Crippen LogP contribution >= 0.6 is 0 Å². The maximum Gasteiger partial charge on any atom is 0.305 e. The number of aryl methyl sites for hydroxylation is 2. The molecule has 0 bridgehead atoms. The summed E-state index contributed by atoms with van der Waals surface area (Å²) in [5, 5.41) is 0. The average molecular weight is 364 g/mol. The summed E-state index contributed by atoms with van der Waals surface area (Å²) in [5.74, 6) is 0.357. The quantitative estimate of drug-likeness (QED) is 0.679. The van der Waals surface area contributed by atoms with E-state index < -0.39 is 11.8 Å². The van der Waals surface area contributed by atoms with Crippen LogP contribution in [-0.4, -0.2) is 11.8 Å². The van der Waals surface area contributed by atoms with E-state index >= 15 is 0 Å². The molecule has 0 spiro atoms. The van der Waals surface area contributed by atoms with E-state index in [0.717, 1.165) is 11.1 Å². The van der Waals surface area contributed by atoms with Crippen LogP contribution in [-0.2, 0) is 6.61 Å². The molecule has 1 aromatic heterocycles. The van der Waals surface area contributed by atoms with Gasteiger partial charge in [-0.25, -0.2) is 0 Å². The average Bonchev–Trinajstić information content (AvgIpc) is 3.16. The van der Waals surface area contributed by atoms with Crippen molar-refractivity contribution in [1.29, 1.82) is 0 Å². The Kier molecular flexibility index (Phi) is 5.56. The highest BCUT2D eigenvalue weighted by molar-refractivity contribution is 5.98. The SMILES string of the molecule is Cc1ccc(C(=O)NNC(=O)c2ccc(COc3ccccc3)o2)cc1C. The number of ether oxygens (including phenoxy) is 1. The van der Waals surface area contributed by atoms with E-state index in [1.165, 1.54) is 6.07 Å². The van der Waals surface area contributed by atoms with Crippen LogP contribution in [0.1, 0.15) is 37.8 Å². The van der Waals surface area contributed by atoms with Crippen molar-refractivity contribution in [2.75, 3.05) is 0 Å². The van der Waals surface area contributed by atoms with Crippen molar-refractivity contribution < 1.29 is 18.7 Å². The lowest BCUT2D eigenvalue weighted by atomic mass is 10.1. The van der Waals surface area contributed by atoms with Gasteiger partial charge in [0.25, 0.3) is 5.91 Å². The predicted octanol–water partition coefficient (Wildman–Crippen LogP) is 3.55. The molecule has 27 heavy (non-hydrogen) atoms. The molecule has 0 atom stereocenters. The number of rotatable bonds is 5. The monoisotopic (exact) mass is 364 g/mol. The molecule has 6 nitrogen and oxygen atoms in total. The van der Waals surface area contributed by atoms with Crippen molar-refractivity contribution in [3.05, 3.63) is 88.9 Å². The Balaban J connectivity index is 1.53. The molecule has 0 aliphatic carbocycles. The normalized spacial score (nSPS) is 10.3. The second-order valence-electron chi connectivity index (χ2n) is 6.07. The van der Waals surface area contributed by atoms with Gasteiger partial charge >= 0.3 is 5.91 Å². The van der Waals surface area contributed by atoms with Crippen LogP contribution in [0.25, 0.3) is 0 Å². The fourth-order valence-electron chi connectivity index (χ4n) is 2.38. The van der Waals surface area contributed by atoms with Crippen molar-refractivity contribution in [3.63, 3.8) is 0 Å². The highest BCUT2D eigenvalue weighted by atomic mass is 16.5. The third-order valence-electron chi connectivity index (χ3n) is 4.07. The Morgan fingerprint density at radius 3 is 2.37 bits per heavy atom. The summed E-state index contributed by atoms with van der Waals surface area (Å²) in [6, 6.07) is 17.8. The molecule has 3 aromatic rings. The summed E-state index contributed by atoms with van der Waals surface area (Å²) in [5.41, 5.74) is 7.29. The van der Waals surface area contributed by atoms with Crippen molar-refractivity contribution >= 4 is 11.8 Å². The molecule has 3 rings (SSSR count). The van der Waals surface area contributed by atoms with Gasteiger partial charge in [-0.1, -0.05) is 24.3 Å². The molecule has 2 aromatic carbocycles. The van der Waals surface area contributed by atoms with E-state index in [9.17, 15) is 9.59 Å². The van der Waals surface area contributed by atoms with E-state index in [4.69, 9.17) is 9.15 Å². The Morgan fingerprint density at radius 1 is 0.889 bits per heavy atom. The lowest BCUT2D eigenvalue weighted by Gasteiger charge is -2.08. The van der Waals surface area contributed by atoms with Gasteiger partial charge in [-0.05, 0) is 61.4 Å². The van der Waals surface area contributed by atoms with E-state index in [-0.39, 0.29) is 12.4 Å². The molecule has 0 saturated carbocycles. The third kappa shape index (κ3) is 4.76. The summed E-state index contributed by atoms with van der Waals surface area (Å²) < 4.78 is 11.0. The second kappa shape index (κ2) is 8.23. The van der Waals surface area contributed by atoms with Crippen LogP contribution in [0.15, 0.2) is 65.1 Å². The summed E-state index contributed by atoms with van der Waals surface area (Å²) in [6.07, 6.45) is 0. The van der Waals surface area contributed by atoms with Crippen molar-refractivity contribution in [3.8, 4) is 5.75 Å².